The molecule has 0 rings (SSSR count). The number of hydrogen-bond donors (Lipinski definition) is 4. The van der Waals surface area contributed by atoms with E-state index in [1.165, 1.54) is 0 Å². The zero-order valence-electron chi connectivity index (χ0n) is 16.8. The zero-order chi connectivity index (χ0) is 19.8. The fourth-order valence-corrected chi connectivity index (χ4v) is 1.91. The number of amides is 3. The van der Waals surface area contributed by atoms with Crippen LogP contribution in [0.25, 0.3) is 0 Å². The smallest absolute Gasteiger partial charge is 0.312 e. The monoisotopic (exact) mass is 358 g/mol. The summed E-state index contributed by atoms with van der Waals surface area (Å²) in [6.45, 7) is 12.9. The number of primary amides is 1. The average Bonchev–Trinajstić information content (AvgIpc) is 2.55. The molecule has 5 N–H and O–H groups in total. The lowest BCUT2D eigenvalue weighted by molar-refractivity contribution is -0.127. The number of nitrogens with one attached hydrogen (secondary N) is 3. The maximum absolute atomic E-state index is 12.0. The third-order valence-corrected chi connectivity index (χ3v) is 3.56. The first kappa shape index (κ1) is 25.6. The average molecular weight is 359 g/mol. The van der Waals surface area contributed by atoms with Gasteiger partial charge in [-0.1, -0.05) is 34.6 Å². The topological polar surface area (TPSA) is 113 Å². The molecule has 2 atom stereocenters. The Morgan fingerprint density at radius 1 is 0.960 bits per heavy atom. The Bertz CT molecular complexity index is 387. The molecular weight excluding hydrogens is 320 g/mol. The Hall–Kier alpha value is -1.63. The summed E-state index contributed by atoms with van der Waals surface area (Å²) in [5.74, 6) is 0.229. The molecule has 148 valence electrons. The van der Waals surface area contributed by atoms with Crippen molar-refractivity contribution in [2.75, 3.05) is 13.1 Å². The highest BCUT2D eigenvalue weighted by atomic mass is 16.2. The van der Waals surface area contributed by atoms with Crippen LogP contribution in [-0.2, 0) is 9.59 Å². The van der Waals surface area contributed by atoms with Gasteiger partial charge in [0.25, 0.3) is 0 Å². The van der Waals surface area contributed by atoms with E-state index in [9.17, 15) is 14.4 Å². The predicted octanol–water partition coefficient (Wildman–Crippen LogP) is 1.95. The van der Waals surface area contributed by atoms with Crippen molar-refractivity contribution in [1.82, 2.24) is 16.0 Å². The minimum absolute atomic E-state index is 0.0743. The van der Waals surface area contributed by atoms with E-state index in [2.05, 4.69) is 29.8 Å². The van der Waals surface area contributed by atoms with Crippen LogP contribution in [0.1, 0.15) is 67.2 Å². The summed E-state index contributed by atoms with van der Waals surface area (Å²) in [7, 11) is 0. The fourth-order valence-electron chi connectivity index (χ4n) is 1.91. The first-order valence-corrected chi connectivity index (χ1v) is 9.28. The van der Waals surface area contributed by atoms with Gasteiger partial charge >= 0.3 is 6.03 Å². The molecule has 3 amide bonds. The van der Waals surface area contributed by atoms with E-state index < -0.39 is 6.03 Å². The maximum atomic E-state index is 12.0. The fraction of sp³-hybridized carbons (Fsp3) is 0.833. The summed E-state index contributed by atoms with van der Waals surface area (Å²) in [5, 5.41) is 8.46. The molecule has 25 heavy (non-hydrogen) atoms. The van der Waals surface area contributed by atoms with Crippen molar-refractivity contribution in [3.05, 3.63) is 0 Å². The number of nitrogens with two attached hydrogens (primary N) is 1. The van der Waals surface area contributed by atoms with Crippen LogP contribution in [0.2, 0.25) is 0 Å². The lowest BCUT2D eigenvalue weighted by atomic mass is 10.0. The van der Waals surface area contributed by atoms with Crippen molar-refractivity contribution < 1.29 is 14.4 Å². The normalized spacial score (nSPS) is 12.6. The molecule has 0 aliphatic carbocycles. The second-order valence-corrected chi connectivity index (χ2v) is 6.50. The van der Waals surface area contributed by atoms with Crippen LogP contribution in [-0.4, -0.2) is 42.9 Å². The molecule has 0 heterocycles. The summed E-state index contributed by atoms with van der Waals surface area (Å²) in [4.78, 5) is 33.3. The van der Waals surface area contributed by atoms with E-state index >= 15 is 0 Å². The molecule has 2 unspecified atom stereocenters. The van der Waals surface area contributed by atoms with Gasteiger partial charge in [0.2, 0.25) is 5.91 Å². The number of ketones is 1. The lowest BCUT2D eigenvalue weighted by Crippen LogP contribution is -2.51. The van der Waals surface area contributed by atoms with Crippen LogP contribution < -0.4 is 21.7 Å². The first-order valence-electron chi connectivity index (χ1n) is 9.28. The SMILES string of the molecule is CCCC(=O)CNC(=O)C(NC(C)CC)C(C)C.CCCNC(N)=O. The Kier molecular flexibility index (Phi) is 16.3. The molecule has 0 aromatic carbocycles. The number of rotatable bonds is 11. The molecule has 7 nitrogen and oxygen atoms in total. The van der Waals surface area contributed by atoms with Gasteiger partial charge in [-0.15, -0.1) is 0 Å². The molecule has 0 fully saturated rings. The highest BCUT2D eigenvalue weighted by Crippen LogP contribution is 2.04. The minimum atomic E-state index is -0.443. The summed E-state index contributed by atoms with van der Waals surface area (Å²) < 4.78 is 0. The number of Topliss-reactive ketones (excluding diaryl/α,β-unsaturated/α-hetero) is 1. The molecule has 0 radical (unpaired) electrons. The Labute approximate surface area is 152 Å². The lowest BCUT2D eigenvalue weighted by Gasteiger charge is -2.25. The molecule has 0 aromatic heterocycles. The van der Waals surface area contributed by atoms with E-state index in [-0.39, 0.29) is 30.2 Å². The van der Waals surface area contributed by atoms with Crippen molar-refractivity contribution in [1.29, 1.82) is 0 Å². The molecule has 0 aliphatic heterocycles. The van der Waals surface area contributed by atoms with E-state index in [0.29, 0.717) is 19.0 Å². The molecule has 0 aliphatic rings. The van der Waals surface area contributed by atoms with Crippen molar-refractivity contribution in [2.24, 2.45) is 11.7 Å². The van der Waals surface area contributed by atoms with Gasteiger partial charge in [-0.25, -0.2) is 4.79 Å². The van der Waals surface area contributed by atoms with Crippen molar-refractivity contribution >= 4 is 17.7 Å². The van der Waals surface area contributed by atoms with Crippen LogP contribution in [0, 0.1) is 5.92 Å². The standard InChI is InChI=1S/C14H28N2O2.C4H10N2O/c1-6-8-12(17)9-15-14(18)13(10(3)4)16-11(5)7-2;1-2-3-6-4(5)7/h10-11,13,16H,6-9H2,1-5H3,(H,15,18);2-3H2,1H3,(H3,5,6,7). The molecular formula is C18H38N4O3. The number of hydrogen-bond acceptors (Lipinski definition) is 4. The van der Waals surface area contributed by atoms with Gasteiger partial charge in [0, 0.05) is 19.0 Å². The number of carbonyl (C=O) groups excluding carboxylic acids is 3. The first-order chi connectivity index (χ1) is 11.7. The quantitative estimate of drug-likeness (QED) is 0.452. The zero-order valence-corrected chi connectivity index (χ0v) is 16.8. The van der Waals surface area contributed by atoms with E-state index in [0.717, 1.165) is 19.3 Å². The summed E-state index contributed by atoms with van der Waals surface area (Å²) in [5.41, 5.74) is 4.73. The second-order valence-electron chi connectivity index (χ2n) is 6.50. The molecule has 0 aromatic rings. The van der Waals surface area contributed by atoms with Crippen LogP contribution in [0.4, 0.5) is 4.79 Å². The van der Waals surface area contributed by atoms with Gasteiger partial charge in [0.05, 0.1) is 12.6 Å². The summed E-state index contributed by atoms with van der Waals surface area (Å²) in [6, 6.07) is -0.370. The van der Waals surface area contributed by atoms with E-state index in [1.807, 2.05) is 27.7 Å². The predicted molar refractivity (Wildman–Crippen MR) is 102 cm³/mol. The van der Waals surface area contributed by atoms with Gasteiger partial charge in [0.15, 0.2) is 5.78 Å². The van der Waals surface area contributed by atoms with Crippen LogP contribution in [0.3, 0.4) is 0 Å². The van der Waals surface area contributed by atoms with Crippen molar-refractivity contribution in [2.45, 2.75) is 79.3 Å². The molecule has 7 heteroatoms. The summed E-state index contributed by atoms with van der Waals surface area (Å²) in [6.07, 6.45) is 3.27. The Morgan fingerprint density at radius 2 is 1.56 bits per heavy atom. The largest absolute Gasteiger partial charge is 0.352 e. The minimum Gasteiger partial charge on any atom is -0.352 e. The molecule has 0 saturated carbocycles. The molecule has 0 spiro atoms. The van der Waals surface area contributed by atoms with E-state index in [4.69, 9.17) is 5.73 Å². The van der Waals surface area contributed by atoms with E-state index in [1.54, 1.807) is 0 Å². The van der Waals surface area contributed by atoms with Crippen molar-refractivity contribution in [3.8, 4) is 0 Å². The third kappa shape index (κ3) is 15.6. The highest BCUT2D eigenvalue weighted by Gasteiger charge is 2.23. The van der Waals surface area contributed by atoms with Crippen LogP contribution >= 0.6 is 0 Å². The summed E-state index contributed by atoms with van der Waals surface area (Å²) >= 11 is 0. The molecule has 0 saturated heterocycles. The van der Waals surface area contributed by atoms with Crippen molar-refractivity contribution in [3.63, 3.8) is 0 Å². The van der Waals surface area contributed by atoms with Crippen LogP contribution in [0.5, 0.6) is 0 Å². The molecule has 0 bridgehead atoms. The maximum Gasteiger partial charge on any atom is 0.312 e. The van der Waals surface area contributed by atoms with Gasteiger partial charge in [0.1, 0.15) is 0 Å². The Balaban J connectivity index is 0. The Morgan fingerprint density at radius 3 is 1.92 bits per heavy atom. The van der Waals surface area contributed by atoms with Gasteiger partial charge in [-0.2, -0.15) is 0 Å². The second kappa shape index (κ2) is 15.9. The third-order valence-electron chi connectivity index (χ3n) is 3.56. The van der Waals surface area contributed by atoms with Crippen LogP contribution in [0.15, 0.2) is 0 Å². The number of carbonyl (C=O) groups is 3. The van der Waals surface area contributed by atoms with Gasteiger partial charge in [-0.05, 0) is 32.1 Å². The van der Waals surface area contributed by atoms with Gasteiger partial charge in [-0.3, -0.25) is 9.59 Å². The van der Waals surface area contributed by atoms with Gasteiger partial charge < -0.3 is 21.7 Å². The highest BCUT2D eigenvalue weighted by molar-refractivity contribution is 5.88. The number of urea groups is 1.